The molecule has 0 unspecified atom stereocenters. The van der Waals surface area contributed by atoms with E-state index in [0.717, 1.165) is 6.42 Å². The molecule has 0 saturated heterocycles. The molecule has 2 rings (SSSR count). The van der Waals surface area contributed by atoms with Crippen molar-refractivity contribution in [3.8, 4) is 0 Å². The fraction of sp³-hybridized carbons (Fsp3) is 0.385. The number of rotatable bonds is 4. The molecule has 1 N–H and O–H groups in total. The normalized spacial score (nSPS) is 21.7. The minimum absolute atomic E-state index is 0.000440. The van der Waals surface area contributed by atoms with Crippen LogP contribution in [0.4, 0.5) is 5.69 Å². The quantitative estimate of drug-likeness (QED) is 0.807. The van der Waals surface area contributed by atoms with E-state index in [0.29, 0.717) is 11.6 Å². The fourth-order valence-corrected chi connectivity index (χ4v) is 1.61. The maximum Gasteiger partial charge on any atom is 0.309 e. The van der Waals surface area contributed by atoms with Gasteiger partial charge in [0.2, 0.25) is 0 Å². The van der Waals surface area contributed by atoms with Gasteiger partial charge in [0.05, 0.1) is 5.92 Å². The molecular formula is C13H15NO3. The summed E-state index contributed by atoms with van der Waals surface area (Å²) in [7, 11) is 0. The summed E-state index contributed by atoms with van der Waals surface area (Å²) >= 11 is 0. The molecule has 1 aromatic rings. The third-order valence-corrected chi connectivity index (χ3v) is 2.82. The Labute approximate surface area is 100.0 Å². The van der Waals surface area contributed by atoms with Crippen LogP contribution in [-0.4, -0.2) is 18.5 Å². The van der Waals surface area contributed by atoms with E-state index in [4.69, 9.17) is 4.74 Å². The van der Waals surface area contributed by atoms with Crippen LogP contribution in [0.3, 0.4) is 0 Å². The highest BCUT2D eigenvalue weighted by Gasteiger charge is 2.40. The van der Waals surface area contributed by atoms with Gasteiger partial charge in [0, 0.05) is 5.69 Å². The highest BCUT2D eigenvalue weighted by atomic mass is 16.5. The fourth-order valence-electron chi connectivity index (χ4n) is 1.61. The number of para-hydroxylation sites is 1. The Balaban J connectivity index is 1.73. The van der Waals surface area contributed by atoms with E-state index < -0.39 is 0 Å². The summed E-state index contributed by atoms with van der Waals surface area (Å²) in [4.78, 5) is 22.8. The number of ether oxygens (including phenoxy) is 1. The lowest BCUT2D eigenvalue weighted by Gasteiger charge is -2.05. The molecule has 1 fully saturated rings. The number of benzene rings is 1. The molecule has 1 saturated carbocycles. The van der Waals surface area contributed by atoms with Crippen LogP contribution >= 0.6 is 0 Å². The molecule has 0 heterocycles. The minimum Gasteiger partial charge on any atom is -0.455 e. The first kappa shape index (κ1) is 11.6. The highest BCUT2D eigenvalue weighted by molar-refractivity contribution is 5.93. The van der Waals surface area contributed by atoms with E-state index >= 15 is 0 Å². The summed E-state index contributed by atoms with van der Waals surface area (Å²) < 4.78 is 4.92. The predicted molar refractivity (Wildman–Crippen MR) is 63.3 cm³/mol. The molecule has 0 bridgehead atoms. The molecule has 1 amide bonds. The molecule has 0 aromatic heterocycles. The van der Waals surface area contributed by atoms with Crippen molar-refractivity contribution >= 4 is 17.6 Å². The Kier molecular flexibility index (Phi) is 3.42. The molecule has 1 aliphatic rings. The summed E-state index contributed by atoms with van der Waals surface area (Å²) in [5.74, 6) is -0.169. The molecule has 0 radical (unpaired) electrons. The largest absolute Gasteiger partial charge is 0.455 e. The average Bonchev–Trinajstić information content (AvgIpc) is 3.05. The topological polar surface area (TPSA) is 55.4 Å². The van der Waals surface area contributed by atoms with Gasteiger partial charge in [0.25, 0.3) is 5.91 Å². The number of hydrogen-bond donors (Lipinski definition) is 1. The smallest absolute Gasteiger partial charge is 0.309 e. The van der Waals surface area contributed by atoms with Gasteiger partial charge in [-0.15, -0.1) is 0 Å². The molecule has 4 nitrogen and oxygen atoms in total. The van der Waals surface area contributed by atoms with E-state index in [2.05, 4.69) is 5.32 Å². The minimum atomic E-state index is -0.308. The summed E-state index contributed by atoms with van der Waals surface area (Å²) in [6.45, 7) is 1.78. The SMILES string of the molecule is C[C@H]1C[C@@H]1C(=O)OCC(=O)Nc1ccccc1. The van der Waals surface area contributed by atoms with Crippen LogP contribution in [0.1, 0.15) is 13.3 Å². The van der Waals surface area contributed by atoms with Gasteiger partial charge >= 0.3 is 5.97 Å². The lowest BCUT2D eigenvalue weighted by Crippen LogP contribution is -2.21. The van der Waals surface area contributed by atoms with Crippen molar-refractivity contribution in [2.75, 3.05) is 11.9 Å². The van der Waals surface area contributed by atoms with Gasteiger partial charge in [-0.2, -0.15) is 0 Å². The maximum atomic E-state index is 11.5. The Bertz CT molecular complexity index is 416. The maximum absolute atomic E-state index is 11.5. The van der Waals surface area contributed by atoms with Gasteiger partial charge < -0.3 is 10.1 Å². The zero-order chi connectivity index (χ0) is 12.3. The molecule has 17 heavy (non-hydrogen) atoms. The molecule has 1 aromatic carbocycles. The van der Waals surface area contributed by atoms with Crippen LogP contribution in [0.25, 0.3) is 0 Å². The lowest BCUT2D eigenvalue weighted by molar-refractivity contribution is -0.148. The van der Waals surface area contributed by atoms with E-state index in [1.807, 2.05) is 25.1 Å². The number of amides is 1. The number of hydrogen-bond acceptors (Lipinski definition) is 3. The Hall–Kier alpha value is -1.84. The van der Waals surface area contributed by atoms with Crippen molar-refractivity contribution in [3.05, 3.63) is 30.3 Å². The van der Waals surface area contributed by atoms with E-state index in [1.165, 1.54) is 0 Å². The van der Waals surface area contributed by atoms with Crippen molar-refractivity contribution in [2.24, 2.45) is 11.8 Å². The molecule has 0 aliphatic heterocycles. The summed E-state index contributed by atoms with van der Waals surface area (Å²) in [6.07, 6.45) is 0.874. The second kappa shape index (κ2) is 4.99. The summed E-state index contributed by atoms with van der Waals surface area (Å²) in [6, 6.07) is 9.08. The van der Waals surface area contributed by atoms with Crippen molar-refractivity contribution in [1.29, 1.82) is 0 Å². The molecule has 2 atom stereocenters. The number of carbonyl (C=O) groups is 2. The van der Waals surface area contributed by atoms with Crippen molar-refractivity contribution < 1.29 is 14.3 Å². The number of nitrogens with one attached hydrogen (secondary N) is 1. The van der Waals surface area contributed by atoms with Crippen molar-refractivity contribution in [3.63, 3.8) is 0 Å². The number of anilines is 1. The zero-order valence-corrected chi connectivity index (χ0v) is 9.68. The van der Waals surface area contributed by atoms with E-state index in [1.54, 1.807) is 12.1 Å². The molecule has 4 heteroatoms. The van der Waals surface area contributed by atoms with Gasteiger partial charge in [0.1, 0.15) is 0 Å². The molecule has 1 aliphatic carbocycles. The Morgan fingerprint density at radius 3 is 2.59 bits per heavy atom. The number of esters is 1. The van der Waals surface area contributed by atoms with Crippen molar-refractivity contribution in [2.45, 2.75) is 13.3 Å². The van der Waals surface area contributed by atoms with Gasteiger partial charge in [-0.25, -0.2) is 0 Å². The average molecular weight is 233 g/mol. The van der Waals surface area contributed by atoms with Crippen LogP contribution in [0.2, 0.25) is 0 Å². The number of carbonyl (C=O) groups excluding carboxylic acids is 2. The van der Waals surface area contributed by atoms with Gasteiger partial charge in [-0.1, -0.05) is 25.1 Å². The second-order valence-corrected chi connectivity index (χ2v) is 4.34. The van der Waals surface area contributed by atoms with Crippen molar-refractivity contribution in [1.82, 2.24) is 0 Å². The van der Waals surface area contributed by atoms with E-state index in [9.17, 15) is 9.59 Å². The van der Waals surface area contributed by atoms with Crippen LogP contribution in [-0.2, 0) is 14.3 Å². The van der Waals surface area contributed by atoms with Gasteiger partial charge in [-0.05, 0) is 24.5 Å². The van der Waals surface area contributed by atoms with E-state index in [-0.39, 0.29) is 24.4 Å². The lowest BCUT2D eigenvalue weighted by atomic mass is 10.3. The first-order valence-corrected chi connectivity index (χ1v) is 5.68. The first-order valence-electron chi connectivity index (χ1n) is 5.68. The van der Waals surface area contributed by atoms with Crippen LogP contribution in [0.5, 0.6) is 0 Å². The second-order valence-electron chi connectivity index (χ2n) is 4.34. The summed E-state index contributed by atoms with van der Waals surface area (Å²) in [5.41, 5.74) is 0.702. The molecular weight excluding hydrogens is 218 g/mol. The highest BCUT2D eigenvalue weighted by Crippen LogP contribution is 2.38. The van der Waals surface area contributed by atoms with Crippen LogP contribution in [0.15, 0.2) is 30.3 Å². The predicted octanol–water partition coefficient (Wildman–Crippen LogP) is 1.82. The van der Waals surface area contributed by atoms with Gasteiger partial charge in [-0.3, -0.25) is 9.59 Å². The van der Waals surface area contributed by atoms with Crippen LogP contribution in [0, 0.1) is 11.8 Å². The zero-order valence-electron chi connectivity index (χ0n) is 9.68. The third-order valence-electron chi connectivity index (χ3n) is 2.82. The van der Waals surface area contributed by atoms with Crippen LogP contribution < -0.4 is 5.32 Å². The summed E-state index contributed by atoms with van der Waals surface area (Å²) in [5, 5.41) is 2.65. The Morgan fingerprint density at radius 1 is 1.35 bits per heavy atom. The third kappa shape index (κ3) is 3.31. The first-order chi connectivity index (χ1) is 8.16. The molecule has 0 spiro atoms. The standard InChI is InChI=1S/C13H15NO3/c1-9-7-11(9)13(16)17-8-12(15)14-10-5-3-2-4-6-10/h2-6,9,11H,7-8H2,1H3,(H,14,15)/t9-,11-/m0/s1. The molecule has 90 valence electrons. The Morgan fingerprint density at radius 2 is 2.00 bits per heavy atom. The van der Waals surface area contributed by atoms with Gasteiger partial charge in [0.15, 0.2) is 6.61 Å². The monoisotopic (exact) mass is 233 g/mol.